The van der Waals surface area contributed by atoms with Crippen molar-refractivity contribution in [1.82, 2.24) is 15.4 Å². The highest BCUT2D eigenvalue weighted by molar-refractivity contribution is 7.89. The van der Waals surface area contributed by atoms with Gasteiger partial charge in [-0.25, -0.2) is 13.1 Å². The zero-order valence-corrected chi connectivity index (χ0v) is 16.5. The third-order valence-electron chi connectivity index (χ3n) is 4.36. The molecule has 7 heteroatoms. The third-order valence-corrected chi connectivity index (χ3v) is 5.90. The van der Waals surface area contributed by atoms with Crippen LogP contribution < -0.4 is 15.4 Å². The summed E-state index contributed by atoms with van der Waals surface area (Å²) >= 11 is 0. The van der Waals surface area contributed by atoms with Gasteiger partial charge in [0.1, 0.15) is 0 Å². The quantitative estimate of drug-likeness (QED) is 0.504. The Balaban J connectivity index is 1.52. The van der Waals surface area contributed by atoms with E-state index in [0.29, 0.717) is 23.9 Å². The van der Waals surface area contributed by atoms with Gasteiger partial charge >= 0.3 is 0 Å². The highest BCUT2D eigenvalue weighted by atomic mass is 32.2. The molecule has 3 rings (SSSR count). The van der Waals surface area contributed by atoms with Crippen LogP contribution in [-0.2, 0) is 23.1 Å². The van der Waals surface area contributed by atoms with E-state index in [4.69, 9.17) is 0 Å². The molecule has 0 bridgehead atoms. The number of rotatable bonds is 7. The molecule has 2 aromatic rings. The molecule has 0 unspecified atom stereocenters. The van der Waals surface area contributed by atoms with Gasteiger partial charge in [-0.15, -0.1) is 0 Å². The monoisotopic (exact) mass is 386 g/mol. The molecule has 0 heterocycles. The number of hydrogen-bond acceptors (Lipinski definition) is 3. The summed E-state index contributed by atoms with van der Waals surface area (Å²) in [5, 5.41) is 6.53. The molecule has 1 saturated carbocycles. The Morgan fingerprint density at radius 3 is 2.30 bits per heavy atom. The fraction of sp³-hybridized carbons (Fsp3) is 0.350. The maximum absolute atomic E-state index is 12.2. The van der Waals surface area contributed by atoms with Crippen molar-refractivity contribution in [3.63, 3.8) is 0 Å². The van der Waals surface area contributed by atoms with Crippen molar-refractivity contribution in [2.24, 2.45) is 4.99 Å². The van der Waals surface area contributed by atoms with Crippen LogP contribution in [0.1, 0.15) is 29.5 Å². The van der Waals surface area contributed by atoms with Gasteiger partial charge in [0.25, 0.3) is 0 Å². The molecule has 6 nitrogen and oxygen atoms in total. The summed E-state index contributed by atoms with van der Waals surface area (Å²) in [6, 6.07) is 15.4. The van der Waals surface area contributed by atoms with E-state index >= 15 is 0 Å². The van der Waals surface area contributed by atoms with Crippen molar-refractivity contribution in [1.29, 1.82) is 0 Å². The van der Waals surface area contributed by atoms with Gasteiger partial charge in [0.2, 0.25) is 10.0 Å². The van der Waals surface area contributed by atoms with Gasteiger partial charge in [-0.05, 0) is 43.0 Å². The van der Waals surface area contributed by atoms with Crippen LogP contribution in [-0.4, -0.2) is 27.5 Å². The molecule has 27 heavy (non-hydrogen) atoms. The Bertz CT molecular complexity index is 904. The van der Waals surface area contributed by atoms with Gasteiger partial charge in [-0.1, -0.05) is 42.0 Å². The molecule has 0 aromatic heterocycles. The molecule has 0 saturated heterocycles. The second kappa shape index (κ2) is 8.54. The fourth-order valence-electron chi connectivity index (χ4n) is 2.69. The van der Waals surface area contributed by atoms with Crippen LogP contribution in [0, 0.1) is 6.92 Å². The molecule has 0 aliphatic heterocycles. The standard InChI is InChI=1S/C20H26N4O2S/c1-15-4-3-5-17(12-15)14-23-20(21-2)22-13-16-6-10-19(11-7-16)27(25,26)24-18-8-9-18/h3-7,10-12,18,24H,8-9,13-14H2,1-2H3,(H2,21,22,23). The first-order chi connectivity index (χ1) is 13.0. The molecule has 1 aliphatic carbocycles. The third kappa shape index (κ3) is 5.80. The van der Waals surface area contributed by atoms with Crippen molar-refractivity contribution >= 4 is 16.0 Å². The summed E-state index contributed by atoms with van der Waals surface area (Å²) in [6.07, 6.45) is 1.85. The van der Waals surface area contributed by atoms with Crippen LogP contribution >= 0.6 is 0 Å². The molecule has 1 fully saturated rings. The number of sulfonamides is 1. The summed E-state index contributed by atoms with van der Waals surface area (Å²) in [4.78, 5) is 4.53. The lowest BCUT2D eigenvalue weighted by Crippen LogP contribution is -2.36. The minimum Gasteiger partial charge on any atom is -0.352 e. The maximum Gasteiger partial charge on any atom is 0.240 e. The van der Waals surface area contributed by atoms with E-state index in [1.165, 1.54) is 11.1 Å². The highest BCUT2D eigenvalue weighted by Gasteiger charge is 2.27. The average molecular weight is 387 g/mol. The molecule has 0 amide bonds. The van der Waals surface area contributed by atoms with Gasteiger partial charge in [-0.3, -0.25) is 4.99 Å². The average Bonchev–Trinajstić information content (AvgIpc) is 3.45. The second-order valence-corrected chi connectivity index (χ2v) is 8.52. The van der Waals surface area contributed by atoms with E-state index in [2.05, 4.69) is 45.5 Å². The van der Waals surface area contributed by atoms with Crippen molar-refractivity contribution in [2.45, 2.75) is 43.8 Å². The normalized spacial score (nSPS) is 14.8. The van der Waals surface area contributed by atoms with Crippen LogP contribution in [0.25, 0.3) is 0 Å². The van der Waals surface area contributed by atoms with Crippen LogP contribution in [0.5, 0.6) is 0 Å². The number of aliphatic imine (C=N–C) groups is 1. The van der Waals surface area contributed by atoms with E-state index in [-0.39, 0.29) is 6.04 Å². The number of benzene rings is 2. The summed E-state index contributed by atoms with van der Waals surface area (Å²) in [5.41, 5.74) is 3.40. The lowest BCUT2D eigenvalue weighted by atomic mass is 10.1. The van der Waals surface area contributed by atoms with Gasteiger partial charge in [-0.2, -0.15) is 0 Å². The molecule has 0 atom stereocenters. The minimum absolute atomic E-state index is 0.110. The highest BCUT2D eigenvalue weighted by Crippen LogP contribution is 2.22. The van der Waals surface area contributed by atoms with E-state index in [1.807, 2.05) is 18.2 Å². The largest absolute Gasteiger partial charge is 0.352 e. The Morgan fingerprint density at radius 2 is 1.70 bits per heavy atom. The Labute approximate surface area is 161 Å². The SMILES string of the molecule is CN=C(NCc1ccc(S(=O)(=O)NC2CC2)cc1)NCc1cccc(C)c1. The number of guanidine groups is 1. The molecule has 0 radical (unpaired) electrons. The summed E-state index contributed by atoms with van der Waals surface area (Å²) in [7, 11) is -1.67. The van der Waals surface area contributed by atoms with E-state index in [9.17, 15) is 8.42 Å². The molecule has 3 N–H and O–H groups in total. The Kier molecular flexibility index (Phi) is 6.13. The second-order valence-electron chi connectivity index (χ2n) is 6.81. The van der Waals surface area contributed by atoms with E-state index < -0.39 is 10.0 Å². The molecule has 144 valence electrons. The molecule has 2 aromatic carbocycles. The molecular formula is C20H26N4O2S. The number of nitrogens with one attached hydrogen (secondary N) is 3. The number of aryl methyl sites for hydroxylation is 1. The fourth-order valence-corrected chi connectivity index (χ4v) is 3.99. The Morgan fingerprint density at radius 1 is 1.04 bits per heavy atom. The summed E-state index contributed by atoms with van der Waals surface area (Å²) < 4.78 is 27.1. The van der Waals surface area contributed by atoms with Crippen molar-refractivity contribution in [3.05, 3.63) is 65.2 Å². The minimum atomic E-state index is -3.40. The predicted molar refractivity (Wildman–Crippen MR) is 108 cm³/mol. The van der Waals surface area contributed by atoms with Crippen molar-refractivity contribution < 1.29 is 8.42 Å². The topological polar surface area (TPSA) is 82.6 Å². The molecular weight excluding hydrogens is 360 g/mol. The van der Waals surface area contributed by atoms with Gasteiger partial charge < -0.3 is 10.6 Å². The number of hydrogen-bond donors (Lipinski definition) is 3. The lowest BCUT2D eigenvalue weighted by Gasteiger charge is -2.13. The van der Waals surface area contributed by atoms with Crippen LogP contribution in [0.15, 0.2) is 58.4 Å². The first-order valence-corrected chi connectivity index (χ1v) is 10.6. The summed E-state index contributed by atoms with van der Waals surface area (Å²) in [6.45, 7) is 3.32. The van der Waals surface area contributed by atoms with Crippen LogP contribution in [0.4, 0.5) is 0 Å². The van der Waals surface area contributed by atoms with Gasteiger partial charge in [0.05, 0.1) is 4.90 Å². The smallest absolute Gasteiger partial charge is 0.240 e. The number of nitrogens with zero attached hydrogens (tertiary/aromatic N) is 1. The summed E-state index contributed by atoms with van der Waals surface area (Å²) in [5.74, 6) is 0.698. The zero-order valence-electron chi connectivity index (χ0n) is 15.7. The van der Waals surface area contributed by atoms with E-state index in [1.54, 1.807) is 19.2 Å². The molecule has 0 spiro atoms. The lowest BCUT2D eigenvalue weighted by molar-refractivity contribution is 0.581. The predicted octanol–water partition coefficient (Wildman–Crippen LogP) is 2.30. The first kappa shape index (κ1) is 19.4. The van der Waals surface area contributed by atoms with Crippen molar-refractivity contribution in [3.8, 4) is 0 Å². The first-order valence-electron chi connectivity index (χ1n) is 9.07. The van der Waals surface area contributed by atoms with Gasteiger partial charge in [0.15, 0.2) is 5.96 Å². The van der Waals surface area contributed by atoms with Gasteiger partial charge in [0, 0.05) is 26.2 Å². The van der Waals surface area contributed by atoms with Crippen LogP contribution in [0.2, 0.25) is 0 Å². The van der Waals surface area contributed by atoms with Crippen molar-refractivity contribution in [2.75, 3.05) is 7.05 Å². The Hall–Kier alpha value is -2.38. The maximum atomic E-state index is 12.2. The zero-order chi connectivity index (χ0) is 19.3. The molecule has 1 aliphatic rings. The van der Waals surface area contributed by atoms with E-state index in [0.717, 1.165) is 18.4 Å². The van der Waals surface area contributed by atoms with Crippen LogP contribution in [0.3, 0.4) is 0 Å².